The van der Waals surface area contributed by atoms with Crippen LogP contribution >= 0.6 is 0 Å². The van der Waals surface area contributed by atoms with E-state index in [1.165, 1.54) is 13.8 Å². The van der Waals surface area contributed by atoms with E-state index in [2.05, 4.69) is 15.4 Å². The highest BCUT2D eigenvalue weighted by Gasteiger charge is 2.27. The Morgan fingerprint density at radius 3 is 2.05 bits per heavy atom. The number of Topliss-reactive ketones (excluding diaryl/α,β-unsaturated/α-hetero) is 1. The zero-order valence-electron chi connectivity index (χ0n) is 13.8. The summed E-state index contributed by atoms with van der Waals surface area (Å²) in [6, 6.07) is -2.02. The van der Waals surface area contributed by atoms with Crippen molar-refractivity contribution in [2.45, 2.75) is 58.7 Å². The van der Waals surface area contributed by atoms with Crippen LogP contribution in [0, 0.1) is 0 Å². The Balaban J connectivity index is 4.63. The number of hydrogen-bond donors (Lipinski definition) is 2. The van der Waals surface area contributed by atoms with Crippen LogP contribution in [-0.2, 0) is 23.9 Å². The van der Waals surface area contributed by atoms with E-state index in [4.69, 9.17) is 4.74 Å². The van der Waals surface area contributed by atoms with Crippen LogP contribution in [-0.4, -0.2) is 48.5 Å². The van der Waals surface area contributed by atoms with Crippen molar-refractivity contribution < 1.29 is 28.7 Å². The molecule has 2 atom stereocenters. The van der Waals surface area contributed by atoms with Crippen LogP contribution in [0.4, 0.5) is 4.79 Å². The molecule has 0 radical (unpaired) electrons. The summed E-state index contributed by atoms with van der Waals surface area (Å²) in [7, 11) is 1.16. The van der Waals surface area contributed by atoms with Gasteiger partial charge in [0.25, 0.3) is 0 Å². The van der Waals surface area contributed by atoms with Crippen LogP contribution in [0.1, 0.15) is 41.0 Å². The van der Waals surface area contributed by atoms with E-state index < -0.39 is 35.7 Å². The molecule has 8 nitrogen and oxygen atoms in total. The third-order valence-corrected chi connectivity index (χ3v) is 2.42. The summed E-state index contributed by atoms with van der Waals surface area (Å²) in [5.41, 5.74) is -0.691. The quantitative estimate of drug-likeness (QED) is 0.692. The molecule has 0 aliphatic carbocycles. The fourth-order valence-corrected chi connectivity index (χ4v) is 1.47. The predicted octanol–water partition coefficient (Wildman–Crippen LogP) is 0.536. The highest BCUT2D eigenvalue weighted by molar-refractivity contribution is 5.92. The molecule has 0 aromatic rings. The van der Waals surface area contributed by atoms with Gasteiger partial charge in [0.1, 0.15) is 23.5 Å². The summed E-state index contributed by atoms with van der Waals surface area (Å²) in [6.07, 6.45) is -0.936. The van der Waals surface area contributed by atoms with Gasteiger partial charge in [0.05, 0.1) is 7.11 Å². The van der Waals surface area contributed by atoms with Gasteiger partial charge in [-0.15, -0.1) is 0 Å². The summed E-state index contributed by atoms with van der Waals surface area (Å²) in [5.74, 6) is -1.63. The van der Waals surface area contributed by atoms with Crippen molar-refractivity contribution in [2.24, 2.45) is 0 Å². The number of hydrogen-bond acceptors (Lipinski definition) is 6. The molecule has 0 fully saturated rings. The molecule has 1 unspecified atom stereocenters. The van der Waals surface area contributed by atoms with E-state index in [9.17, 15) is 19.2 Å². The number of alkyl carbamates (subject to hydrolysis) is 1. The van der Waals surface area contributed by atoms with Gasteiger partial charge in [-0.1, -0.05) is 0 Å². The summed E-state index contributed by atoms with van der Waals surface area (Å²) in [6.45, 7) is 7.80. The average molecular weight is 316 g/mol. The first-order chi connectivity index (χ1) is 9.96. The van der Waals surface area contributed by atoms with Gasteiger partial charge in [0.15, 0.2) is 0 Å². The van der Waals surface area contributed by atoms with Crippen LogP contribution in [0.5, 0.6) is 0 Å². The van der Waals surface area contributed by atoms with Crippen molar-refractivity contribution in [3.63, 3.8) is 0 Å². The maximum atomic E-state index is 12.0. The lowest BCUT2D eigenvalue weighted by Gasteiger charge is -2.22. The van der Waals surface area contributed by atoms with E-state index in [0.29, 0.717) is 0 Å². The molecule has 2 N–H and O–H groups in total. The largest absolute Gasteiger partial charge is 0.467 e. The molecule has 0 saturated heterocycles. The Morgan fingerprint density at radius 1 is 1.09 bits per heavy atom. The van der Waals surface area contributed by atoms with Gasteiger partial charge in [0, 0.05) is 6.42 Å². The van der Waals surface area contributed by atoms with E-state index in [1.54, 1.807) is 20.8 Å². The first kappa shape index (κ1) is 19.9. The van der Waals surface area contributed by atoms with Crippen molar-refractivity contribution in [1.29, 1.82) is 0 Å². The summed E-state index contributed by atoms with van der Waals surface area (Å²) in [4.78, 5) is 46.1. The molecule has 0 heterocycles. The van der Waals surface area contributed by atoms with Crippen molar-refractivity contribution in [3.8, 4) is 0 Å². The van der Waals surface area contributed by atoms with Gasteiger partial charge in [-0.05, 0) is 34.6 Å². The van der Waals surface area contributed by atoms with Gasteiger partial charge < -0.3 is 20.1 Å². The normalized spacial score (nSPS) is 13.5. The molecule has 0 rings (SSSR count). The number of ketones is 1. The second kappa shape index (κ2) is 8.35. The fraction of sp³-hybridized carbons (Fsp3) is 0.714. The molecule has 0 aliphatic heterocycles. The Kier molecular flexibility index (Phi) is 7.55. The second-order valence-electron chi connectivity index (χ2n) is 5.86. The molecule has 0 saturated carbocycles. The number of amides is 2. The lowest BCUT2D eigenvalue weighted by atomic mass is 10.1. The first-order valence-corrected chi connectivity index (χ1v) is 6.83. The molecular weight excluding hydrogens is 292 g/mol. The highest BCUT2D eigenvalue weighted by atomic mass is 16.6. The molecule has 0 aromatic carbocycles. The lowest BCUT2D eigenvalue weighted by Crippen LogP contribution is -2.51. The van der Waals surface area contributed by atoms with Gasteiger partial charge in [-0.3, -0.25) is 9.59 Å². The Labute approximate surface area is 129 Å². The van der Waals surface area contributed by atoms with Crippen molar-refractivity contribution in [2.75, 3.05) is 7.11 Å². The summed E-state index contributed by atoms with van der Waals surface area (Å²) < 4.78 is 9.54. The third kappa shape index (κ3) is 8.23. The standard InChI is InChI=1S/C14H24N2O6/c1-8(17)7-10(12(19)21-6)16-11(18)9(2)15-13(20)22-14(3,4)5/h9-10H,7H2,1-6H3,(H,15,20)(H,16,18)/t9-,10?/m0/s1. The van der Waals surface area contributed by atoms with E-state index in [-0.39, 0.29) is 12.2 Å². The van der Waals surface area contributed by atoms with Crippen molar-refractivity contribution in [1.82, 2.24) is 10.6 Å². The third-order valence-electron chi connectivity index (χ3n) is 2.42. The van der Waals surface area contributed by atoms with E-state index >= 15 is 0 Å². The van der Waals surface area contributed by atoms with Gasteiger partial charge in [-0.2, -0.15) is 0 Å². The molecule has 0 bridgehead atoms. The molecule has 0 spiro atoms. The molecule has 126 valence electrons. The van der Waals surface area contributed by atoms with Crippen LogP contribution in [0.2, 0.25) is 0 Å². The molecule has 2 amide bonds. The summed E-state index contributed by atoms with van der Waals surface area (Å²) in [5, 5.41) is 4.70. The number of methoxy groups -OCH3 is 1. The van der Waals surface area contributed by atoms with Gasteiger partial charge >= 0.3 is 12.1 Å². The van der Waals surface area contributed by atoms with E-state index in [1.807, 2.05) is 0 Å². The minimum Gasteiger partial charge on any atom is -0.467 e. The minimum atomic E-state index is -1.09. The number of rotatable bonds is 6. The van der Waals surface area contributed by atoms with Crippen molar-refractivity contribution >= 4 is 23.8 Å². The van der Waals surface area contributed by atoms with Gasteiger partial charge in [0.2, 0.25) is 5.91 Å². The zero-order chi connectivity index (χ0) is 17.5. The number of carbonyl (C=O) groups is 4. The first-order valence-electron chi connectivity index (χ1n) is 6.83. The van der Waals surface area contributed by atoms with Gasteiger partial charge in [-0.25, -0.2) is 9.59 Å². The van der Waals surface area contributed by atoms with Crippen LogP contribution in [0.15, 0.2) is 0 Å². The predicted molar refractivity (Wildman–Crippen MR) is 78.1 cm³/mol. The fourth-order valence-electron chi connectivity index (χ4n) is 1.47. The topological polar surface area (TPSA) is 111 Å². The Morgan fingerprint density at radius 2 is 1.64 bits per heavy atom. The minimum absolute atomic E-state index is 0.183. The van der Waals surface area contributed by atoms with E-state index in [0.717, 1.165) is 7.11 Å². The lowest BCUT2D eigenvalue weighted by molar-refractivity contribution is -0.146. The zero-order valence-corrected chi connectivity index (χ0v) is 13.8. The Hall–Kier alpha value is -2.12. The Bertz CT molecular complexity index is 441. The second-order valence-corrected chi connectivity index (χ2v) is 5.86. The average Bonchev–Trinajstić information content (AvgIpc) is 2.33. The monoisotopic (exact) mass is 316 g/mol. The maximum Gasteiger partial charge on any atom is 0.408 e. The van der Waals surface area contributed by atoms with Crippen molar-refractivity contribution in [3.05, 3.63) is 0 Å². The molecule has 22 heavy (non-hydrogen) atoms. The number of esters is 1. The summed E-state index contributed by atoms with van der Waals surface area (Å²) >= 11 is 0. The number of carbonyl (C=O) groups excluding carboxylic acids is 4. The molecule has 8 heteroatoms. The number of ether oxygens (including phenoxy) is 2. The molecular formula is C14H24N2O6. The number of nitrogens with one attached hydrogen (secondary N) is 2. The SMILES string of the molecule is COC(=O)C(CC(C)=O)NC(=O)[C@H](C)NC(=O)OC(C)(C)C. The molecule has 0 aliphatic rings. The van der Waals surface area contributed by atoms with Crippen LogP contribution in [0.25, 0.3) is 0 Å². The highest BCUT2D eigenvalue weighted by Crippen LogP contribution is 2.06. The molecule has 0 aromatic heterocycles. The maximum absolute atomic E-state index is 12.0. The van der Waals surface area contributed by atoms with Crippen LogP contribution < -0.4 is 10.6 Å². The smallest absolute Gasteiger partial charge is 0.408 e. The van der Waals surface area contributed by atoms with Crippen LogP contribution in [0.3, 0.4) is 0 Å².